The predicted molar refractivity (Wildman–Crippen MR) is 54.0 cm³/mol. The van der Waals surface area contributed by atoms with Crippen molar-refractivity contribution in [3.05, 3.63) is 0 Å². The zero-order chi connectivity index (χ0) is 9.97. The summed E-state index contributed by atoms with van der Waals surface area (Å²) in [4.78, 5) is 12.9. The Morgan fingerprint density at radius 1 is 1.50 bits per heavy atom. The average Bonchev–Trinajstić information content (AvgIpc) is 2.58. The molecule has 0 saturated carbocycles. The molecule has 2 aliphatic heterocycles. The van der Waals surface area contributed by atoms with Gasteiger partial charge >= 0.3 is 6.03 Å². The van der Waals surface area contributed by atoms with Gasteiger partial charge in [-0.3, -0.25) is 4.90 Å². The molecule has 2 heterocycles. The van der Waals surface area contributed by atoms with Crippen molar-refractivity contribution in [2.45, 2.75) is 31.7 Å². The van der Waals surface area contributed by atoms with E-state index in [1.807, 2.05) is 0 Å². The van der Waals surface area contributed by atoms with E-state index in [0.29, 0.717) is 6.04 Å². The van der Waals surface area contributed by atoms with Crippen LogP contribution in [0.4, 0.5) is 4.79 Å². The van der Waals surface area contributed by atoms with Crippen LogP contribution in [0.25, 0.3) is 0 Å². The van der Waals surface area contributed by atoms with E-state index in [1.165, 1.54) is 25.8 Å². The fourth-order valence-electron chi connectivity index (χ4n) is 2.32. The molecule has 5 nitrogen and oxygen atoms in total. The number of urea groups is 1. The fourth-order valence-corrected chi connectivity index (χ4v) is 2.32. The summed E-state index contributed by atoms with van der Waals surface area (Å²) in [6.07, 6.45) is 4.67. The fraction of sp³-hybridized carbons (Fsp3) is 0.778. The van der Waals surface area contributed by atoms with Crippen molar-refractivity contribution in [2.24, 2.45) is 10.8 Å². The first kappa shape index (κ1) is 9.45. The predicted octanol–water partition coefficient (Wildman–Crippen LogP) is 0.269. The molecule has 3 N–H and O–H groups in total. The van der Waals surface area contributed by atoms with E-state index >= 15 is 0 Å². The van der Waals surface area contributed by atoms with E-state index in [2.05, 4.69) is 15.4 Å². The highest BCUT2D eigenvalue weighted by Gasteiger charge is 2.32. The molecule has 0 aromatic carbocycles. The number of primary amides is 1. The summed E-state index contributed by atoms with van der Waals surface area (Å²) in [6, 6.07) is -0.123. The number of nitrogens with two attached hydrogens (primary N) is 1. The first-order chi connectivity index (χ1) is 6.77. The highest BCUT2D eigenvalue weighted by Crippen LogP contribution is 2.24. The van der Waals surface area contributed by atoms with Gasteiger partial charge in [-0.05, 0) is 19.4 Å². The number of amides is 2. The lowest BCUT2D eigenvalue weighted by Gasteiger charge is -2.28. The summed E-state index contributed by atoms with van der Waals surface area (Å²) in [5.74, 6) is 0. The summed E-state index contributed by atoms with van der Waals surface area (Å²) in [5.41, 5.74) is 8.38. The van der Waals surface area contributed by atoms with Gasteiger partial charge in [0.15, 0.2) is 0 Å². The number of nitrogens with zero attached hydrogens (tertiary/aromatic N) is 2. The number of hydrazone groups is 1. The maximum absolute atomic E-state index is 10.5. The standard InChI is InChI=1S/C9H16N4O/c10-9(14)12-11-7-4-6-13-5-2-1-3-8(7)13/h8H,1-6H2,(H3,10,12,14). The molecule has 2 aliphatic rings. The Morgan fingerprint density at radius 2 is 2.36 bits per heavy atom. The third-order valence-corrected chi connectivity index (χ3v) is 2.96. The minimum absolute atomic E-state index is 0.454. The van der Waals surface area contributed by atoms with E-state index in [4.69, 9.17) is 5.73 Å². The van der Waals surface area contributed by atoms with Crippen molar-refractivity contribution in [1.82, 2.24) is 10.3 Å². The molecule has 5 heteroatoms. The lowest BCUT2D eigenvalue weighted by molar-refractivity contribution is 0.222. The molecule has 0 radical (unpaired) electrons. The Balaban J connectivity index is 1.99. The Labute approximate surface area is 83.3 Å². The molecule has 2 saturated heterocycles. The maximum Gasteiger partial charge on any atom is 0.332 e. The molecular formula is C9H16N4O. The van der Waals surface area contributed by atoms with Crippen LogP contribution in [0.2, 0.25) is 0 Å². The van der Waals surface area contributed by atoms with Gasteiger partial charge in [-0.25, -0.2) is 10.2 Å². The highest BCUT2D eigenvalue weighted by atomic mass is 16.2. The molecule has 1 atom stereocenters. The van der Waals surface area contributed by atoms with Crippen molar-refractivity contribution in [1.29, 1.82) is 0 Å². The minimum Gasteiger partial charge on any atom is -0.350 e. The molecule has 2 rings (SSSR count). The van der Waals surface area contributed by atoms with E-state index in [1.54, 1.807) is 0 Å². The Hall–Kier alpha value is -1.10. The summed E-state index contributed by atoms with van der Waals surface area (Å²) in [7, 11) is 0. The van der Waals surface area contributed by atoms with E-state index in [0.717, 1.165) is 18.7 Å². The second kappa shape index (κ2) is 3.96. The van der Waals surface area contributed by atoms with Crippen LogP contribution < -0.4 is 11.2 Å². The molecule has 1 unspecified atom stereocenters. The van der Waals surface area contributed by atoms with Gasteiger partial charge in [-0.1, -0.05) is 6.42 Å². The van der Waals surface area contributed by atoms with Crippen molar-refractivity contribution in [3.8, 4) is 0 Å². The van der Waals surface area contributed by atoms with E-state index < -0.39 is 6.03 Å². The SMILES string of the molecule is NC(=O)NN=C1CCN2CCCCC12. The van der Waals surface area contributed by atoms with Crippen molar-refractivity contribution < 1.29 is 4.79 Å². The van der Waals surface area contributed by atoms with Crippen LogP contribution in [0.15, 0.2) is 5.10 Å². The number of rotatable bonds is 1. The Morgan fingerprint density at radius 3 is 3.14 bits per heavy atom. The van der Waals surface area contributed by atoms with Gasteiger partial charge in [0.1, 0.15) is 0 Å². The van der Waals surface area contributed by atoms with Gasteiger partial charge in [0, 0.05) is 19.0 Å². The van der Waals surface area contributed by atoms with E-state index in [-0.39, 0.29) is 0 Å². The molecule has 78 valence electrons. The Kier molecular flexibility index (Phi) is 2.67. The highest BCUT2D eigenvalue weighted by molar-refractivity contribution is 5.92. The summed E-state index contributed by atoms with van der Waals surface area (Å²) in [6.45, 7) is 2.24. The third kappa shape index (κ3) is 1.87. The largest absolute Gasteiger partial charge is 0.350 e. The summed E-state index contributed by atoms with van der Waals surface area (Å²) < 4.78 is 0. The molecule has 0 aromatic heterocycles. The first-order valence-electron chi connectivity index (χ1n) is 5.13. The lowest BCUT2D eigenvalue weighted by atomic mass is 10.0. The van der Waals surface area contributed by atoms with Gasteiger partial charge in [0.2, 0.25) is 0 Å². The minimum atomic E-state index is -0.577. The molecular weight excluding hydrogens is 180 g/mol. The molecule has 2 amide bonds. The average molecular weight is 196 g/mol. The number of carbonyl (C=O) groups is 1. The maximum atomic E-state index is 10.5. The number of hydrogen-bond acceptors (Lipinski definition) is 3. The smallest absolute Gasteiger partial charge is 0.332 e. The molecule has 0 spiro atoms. The second-order valence-corrected chi connectivity index (χ2v) is 3.88. The number of nitrogens with one attached hydrogen (secondary N) is 1. The van der Waals surface area contributed by atoms with Crippen LogP contribution in [0.3, 0.4) is 0 Å². The van der Waals surface area contributed by atoms with Crippen LogP contribution >= 0.6 is 0 Å². The van der Waals surface area contributed by atoms with Gasteiger partial charge in [0.25, 0.3) is 0 Å². The third-order valence-electron chi connectivity index (χ3n) is 2.96. The van der Waals surface area contributed by atoms with E-state index in [9.17, 15) is 4.79 Å². The van der Waals surface area contributed by atoms with Gasteiger partial charge < -0.3 is 5.73 Å². The van der Waals surface area contributed by atoms with Crippen molar-refractivity contribution >= 4 is 11.7 Å². The summed E-state index contributed by atoms with van der Waals surface area (Å²) in [5, 5.41) is 4.06. The zero-order valence-corrected chi connectivity index (χ0v) is 8.20. The van der Waals surface area contributed by atoms with Crippen LogP contribution in [0.1, 0.15) is 25.7 Å². The van der Waals surface area contributed by atoms with Crippen molar-refractivity contribution in [2.75, 3.05) is 13.1 Å². The lowest BCUT2D eigenvalue weighted by Crippen LogP contribution is -2.38. The molecule has 0 bridgehead atoms. The molecule has 2 fully saturated rings. The van der Waals surface area contributed by atoms with Crippen LogP contribution in [-0.2, 0) is 0 Å². The number of fused-ring (bicyclic) bond motifs is 1. The molecule has 0 aliphatic carbocycles. The van der Waals surface area contributed by atoms with Crippen LogP contribution in [0.5, 0.6) is 0 Å². The van der Waals surface area contributed by atoms with Gasteiger partial charge in [0.05, 0.1) is 5.71 Å². The topological polar surface area (TPSA) is 70.7 Å². The van der Waals surface area contributed by atoms with Gasteiger partial charge in [-0.2, -0.15) is 5.10 Å². The number of carbonyl (C=O) groups excluding carboxylic acids is 1. The zero-order valence-electron chi connectivity index (χ0n) is 8.20. The van der Waals surface area contributed by atoms with Gasteiger partial charge in [-0.15, -0.1) is 0 Å². The molecule has 14 heavy (non-hydrogen) atoms. The first-order valence-corrected chi connectivity index (χ1v) is 5.13. The van der Waals surface area contributed by atoms with Crippen LogP contribution in [-0.4, -0.2) is 35.8 Å². The van der Waals surface area contributed by atoms with Crippen molar-refractivity contribution in [3.63, 3.8) is 0 Å². The molecule has 0 aromatic rings. The summed E-state index contributed by atoms with van der Waals surface area (Å²) >= 11 is 0. The van der Waals surface area contributed by atoms with Crippen LogP contribution in [0, 0.1) is 0 Å². The second-order valence-electron chi connectivity index (χ2n) is 3.88. The quantitative estimate of drug-likeness (QED) is 0.591. The number of piperidine rings is 1. The normalized spacial score (nSPS) is 30.3. The monoisotopic (exact) mass is 196 g/mol. The number of hydrogen-bond donors (Lipinski definition) is 2. The Bertz CT molecular complexity index is 264.